The van der Waals surface area contributed by atoms with Crippen molar-refractivity contribution in [2.75, 3.05) is 6.61 Å². The van der Waals surface area contributed by atoms with Gasteiger partial charge in [-0.2, -0.15) is 0 Å². The molecule has 0 aromatic carbocycles. The van der Waals surface area contributed by atoms with E-state index in [1.54, 1.807) is 0 Å². The highest BCUT2D eigenvalue weighted by molar-refractivity contribution is 4.78. The Hall–Kier alpha value is -0.120. The zero-order valence-electron chi connectivity index (χ0n) is 7.03. The van der Waals surface area contributed by atoms with Gasteiger partial charge < -0.3 is 14.9 Å². The molecular formula is C8H16O3. The van der Waals surface area contributed by atoms with E-state index in [1.165, 1.54) is 0 Å². The average molecular weight is 160 g/mol. The SMILES string of the molecule is CC(C)[C@@H]1C[C@@H](O)C(O)CO1. The van der Waals surface area contributed by atoms with Crippen molar-refractivity contribution in [3.8, 4) is 0 Å². The first-order valence-electron chi connectivity index (χ1n) is 4.09. The van der Waals surface area contributed by atoms with Crippen molar-refractivity contribution < 1.29 is 14.9 Å². The predicted octanol–water partition coefficient (Wildman–Crippen LogP) is 0.153. The van der Waals surface area contributed by atoms with Crippen molar-refractivity contribution in [1.29, 1.82) is 0 Å². The maximum atomic E-state index is 9.27. The van der Waals surface area contributed by atoms with Crippen molar-refractivity contribution >= 4 is 0 Å². The van der Waals surface area contributed by atoms with Crippen molar-refractivity contribution in [2.45, 2.75) is 38.6 Å². The Morgan fingerprint density at radius 2 is 1.91 bits per heavy atom. The normalized spacial score (nSPS) is 39.5. The summed E-state index contributed by atoms with van der Waals surface area (Å²) in [5.74, 6) is 0.414. The molecule has 3 heteroatoms. The van der Waals surface area contributed by atoms with Gasteiger partial charge in [-0.25, -0.2) is 0 Å². The van der Waals surface area contributed by atoms with Crippen LogP contribution in [0, 0.1) is 5.92 Å². The van der Waals surface area contributed by atoms with Gasteiger partial charge in [0, 0.05) is 6.42 Å². The van der Waals surface area contributed by atoms with Gasteiger partial charge in [0.15, 0.2) is 0 Å². The molecule has 0 saturated carbocycles. The summed E-state index contributed by atoms with van der Waals surface area (Å²) in [6, 6.07) is 0. The average Bonchev–Trinajstić information content (AvgIpc) is 1.94. The molecule has 1 rings (SSSR count). The topological polar surface area (TPSA) is 49.7 Å². The number of aliphatic hydroxyl groups is 2. The van der Waals surface area contributed by atoms with E-state index >= 15 is 0 Å². The molecule has 1 heterocycles. The van der Waals surface area contributed by atoms with Gasteiger partial charge >= 0.3 is 0 Å². The summed E-state index contributed by atoms with van der Waals surface area (Å²) >= 11 is 0. The Balaban J connectivity index is 2.40. The lowest BCUT2D eigenvalue weighted by Crippen LogP contribution is -2.42. The molecule has 0 bridgehead atoms. The van der Waals surface area contributed by atoms with Crippen LogP contribution in [-0.4, -0.2) is 35.1 Å². The molecule has 0 aliphatic carbocycles. The highest BCUT2D eigenvalue weighted by atomic mass is 16.5. The number of hydrogen-bond acceptors (Lipinski definition) is 3. The molecule has 1 saturated heterocycles. The Kier molecular flexibility index (Phi) is 2.87. The van der Waals surface area contributed by atoms with Gasteiger partial charge in [-0.3, -0.25) is 0 Å². The third kappa shape index (κ3) is 2.15. The van der Waals surface area contributed by atoms with Crippen LogP contribution in [-0.2, 0) is 4.74 Å². The fourth-order valence-electron chi connectivity index (χ4n) is 1.26. The molecule has 3 atom stereocenters. The van der Waals surface area contributed by atoms with E-state index in [1.807, 2.05) is 0 Å². The van der Waals surface area contributed by atoms with Crippen LogP contribution in [0.5, 0.6) is 0 Å². The summed E-state index contributed by atoms with van der Waals surface area (Å²) in [6.45, 7) is 4.37. The summed E-state index contributed by atoms with van der Waals surface area (Å²) < 4.78 is 5.31. The standard InChI is InChI=1S/C8H16O3/c1-5(2)8-3-6(9)7(10)4-11-8/h5-10H,3-4H2,1-2H3/t6-,7?,8+/m1/s1. The number of hydrogen-bond donors (Lipinski definition) is 2. The zero-order chi connectivity index (χ0) is 8.43. The minimum absolute atomic E-state index is 0.105. The molecule has 66 valence electrons. The predicted molar refractivity (Wildman–Crippen MR) is 41.2 cm³/mol. The van der Waals surface area contributed by atoms with Crippen LogP contribution in [0.2, 0.25) is 0 Å². The molecule has 0 amide bonds. The molecule has 1 aliphatic heterocycles. The minimum Gasteiger partial charge on any atom is -0.390 e. The van der Waals surface area contributed by atoms with Gasteiger partial charge in [0.25, 0.3) is 0 Å². The van der Waals surface area contributed by atoms with Crippen molar-refractivity contribution in [1.82, 2.24) is 0 Å². The molecule has 1 unspecified atom stereocenters. The van der Waals surface area contributed by atoms with Crippen LogP contribution in [0.25, 0.3) is 0 Å². The molecule has 11 heavy (non-hydrogen) atoms. The first-order chi connectivity index (χ1) is 5.11. The fraction of sp³-hybridized carbons (Fsp3) is 1.00. The Bertz CT molecular complexity index is 125. The van der Waals surface area contributed by atoms with Crippen LogP contribution in [0.4, 0.5) is 0 Å². The monoisotopic (exact) mass is 160 g/mol. The van der Waals surface area contributed by atoms with Gasteiger partial charge in [-0.1, -0.05) is 13.8 Å². The first kappa shape index (κ1) is 8.97. The second-order valence-electron chi connectivity index (χ2n) is 3.49. The molecule has 2 N–H and O–H groups in total. The lowest BCUT2D eigenvalue weighted by molar-refractivity contribution is -0.132. The van der Waals surface area contributed by atoms with Gasteiger partial charge in [-0.05, 0) is 5.92 Å². The van der Waals surface area contributed by atoms with E-state index in [0.717, 1.165) is 0 Å². The fourth-order valence-corrected chi connectivity index (χ4v) is 1.26. The van der Waals surface area contributed by atoms with Crippen LogP contribution >= 0.6 is 0 Å². The Morgan fingerprint density at radius 1 is 1.27 bits per heavy atom. The maximum absolute atomic E-state index is 9.27. The summed E-state index contributed by atoms with van der Waals surface area (Å²) in [6.07, 6.45) is -0.631. The summed E-state index contributed by atoms with van der Waals surface area (Å²) in [5.41, 5.74) is 0. The smallest absolute Gasteiger partial charge is 0.103 e. The van der Waals surface area contributed by atoms with Crippen molar-refractivity contribution in [2.24, 2.45) is 5.92 Å². The van der Waals surface area contributed by atoms with E-state index in [4.69, 9.17) is 9.84 Å². The highest BCUT2D eigenvalue weighted by Gasteiger charge is 2.29. The lowest BCUT2D eigenvalue weighted by Gasteiger charge is -2.32. The Labute approximate surface area is 67.0 Å². The molecule has 0 aromatic heterocycles. The van der Waals surface area contributed by atoms with Crippen molar-refractivity contribution in [3.05, 3.63) is 0 Å². The van der Waals surface area contributed by atoms with Crippen molar-refractivity contribution in [3.63, 3.8) is 0 Å². The quantitative estimate of drug-likeness (QED) is 0.574. The summed E-state index contributed by atoms with van der Waals surface area (Å²) in [5, 5.41) is 18.4. The number of ether oxygens (including phenoxy) is 1. The van der Waals surface area contributed by atoms with Crippen LogP contribution in [0.15, 0.2) is 0 Å². The van der Waals surface area contributed by atoms with Crippen LogP contribution in [0.3, 0.4) is 0 Å². The highest BCUT2D eigenvalue weighted by Crippen LogP contribution is 2.20. The molecule has 0 aromatic rings. The number of aliphatic hydroxyl groups excluding tert-OH is 2. The van der Waals surface area contributed by atoms with E-state index in [2.05, 4.69) is 13.8 Å². The van der Waals surface area contributed by atoms with E-state index in [0.29, 0.717) is 12.3 Å². The van der Waals surface area contributed by atoms with E-state index in [9.17, 15) is 5.11 Å². The third-order valence-electron chi connectivity index (χ3n) is 2.14. The minimum atomic E-state index is -0.690. The molecule has 1 aliphatic rings. The first-order valence-corrected chi connectivity index (χ1v) is 4.09. The molecule has 1 fully saturated rings. The maximum Gasteiger partial charge on any atom is 0.103 e. The van der Waals surface area contributed by atoms with E-state index in [-0.39, 0.29) is 12.7 Å². The van der Waals surface area contributed by atoms with Crippen LogP contribution < -0.4 is 0 Å². The van der Waals surface area contributed by atoms with Crippen LogP contribution in [0.1, 0.15) is 20.3 Å². The van der Waals surface area contributed by atoms with E-state index < -0.39 is 12.2 Å². The lowest BCUT2D eigenvalue weighted by atomic mass is 9.96. The van der Waals surface area contributed by atoms with Gasteiger partial charge in [0.1, 0.15) is 6.10 Å². The molecule has 3 nitrogen and oxygen atoms in total. The largest absolute Gasteiger partial charge is 0.390 e. The summed E-state index contributed by atoms with van der Waals surface area (Å²) in [7, 11) is 0. The number of rotatable bonds is 1. The second-order valence-corrected chi connectivity index (χ2v) is 3.49. The molecular weight excluding hydrogens is 144 g/mol. The van der Waals surface area contributed by atoms with Gasteiger partial charge in [-0.15, -0.1) is 0 Å². The third-order valence-corrected chi connectivity index (χ3v) is 2.14. The second kappa shape index (κ2) is 3.52. The molecule has 0 radical (unpaired) electrons. The summed E-state index contributed by atoms with van der Waals surface area (Å²) in [4.78, 5) is 0. The van der Waals surface area contributed by atoms with Gasteiger partial charge in [0.2, 0.25) is 0 Å². The Morgan fingerprint density at radius 3 is 2.36 bits per heavy atom. The zero-order valence-corrected chi connectivity index (χ0v) is 7.03. The molecule has 0 spiro atoms. The van der Waals surface area contributed by atoms with Gasteiger partial charge in [0.05, 0.1) is 18.8 Å².